The lowest BCUT2D eigenvalue weighted by molar-refractivity contribution is 0.0666. The molecule has 8 nitrogen and oxygen atoms in total. The number of aryl methyl sites for hydroxylation is 1. The van der Waals surface area contributed by atoms with E-state index in [1.54, 1.807) is 21.7 Å². The highest BCUT2D eigenvalue weighted by Gasteiger charge is 2.32. The Morgan fingerprint density at radius 1 is 1.18 bits per heavy atom. The van der Waals surface area contributed by atoms with E-state index >= 15 is 0 Å². The average molecular weight is 373 g/mol. The van der Waals surface area contributed by atoms with Crippen LogP contribution in [0, 0.1) is 6.92 Å². The number of aromatic nitrogens is 6. The first kappa shape index (κ1) is 16.6. The molecule has 0 spiro atoms. The number of carbonyl (C=O) groups is 1. The zero-order valence-electron chi connectivity index (χ0n) is 15.4. The molecule has 0 fully saturated rings. The monoisotopic (exact) mass is 373 g/mol. The number of fused-ring (bicyclic) bond motifs is 2. The molecule has 3 aromatic heterocycles. The Labute approximate surface area is 161 Å². The van der Waals surface area contributed by atoms with Gasteiger partial charge < -0.3 is 9.47 Å². The number of hydrogen-bond acceptors (Lipinski definition) is 5. The van der Waals surface area contributed by atoms with Crippen molar-refractivity contribution in [1.29, 1.82) is 0 Å². The van der Waals surface area contributed by atoms with Crippen molar-refractivity contribution >= 4 is 11.7 Å². The zero-order valence-corrected chi connectivity index (χ0v) is 15.4. The minimum Gasteiger partial charge on any atom is -0.328 e. The van der Waals surface area contributed by atoms with Crippen LogP contribution in [0.1, 0.15) is 33.7 Å². The van der Waals surface area contributed by atoms with E-state index in [1.807, 2.05) is 37.4 Å². The van der Waals surface area contributed by atoms with Crippen molar-refractivity contribution in [2.45, 2.75) is 25.9 Å². The Bertz CT molecular complexity index is 1110. The van der Waals surface area contributed by atoms with Gasteiger partial charge in [-0.15, -0.1) is 10.2 Å². The van der Waals surface area contributed by atoms with Crippen molar-refractivity contribution in [2.24, 2.45) is 0 Å². The van der Waals surface area contributed by atoms with Crippen molar-refractivity contribution in [3.05, 3.63) is 77.9 Å². The molecule has 1 atom stereocenters. The summed E-state index contributed by atoms with van der Waals surface area (Å²) >= 11 is 0. The van der Waals surface area contributed by atoms with Crippen LogP contribution in [0.4, 0.5) is 0 Å². The van der Waals surface area contributed by atoms with Crippen LogP contribution in [0.5, 0.6) is 0 Å². The highest BCUT2D eigenvalue weighted by molar-refractivity contribution is 5.92. The summed E-state index contributed by atoms with van der Waals surface area (Å²) in [7, 11) is 0. The van der Waals surface area contributed by atoms with E-state index in [2.05, 4.69) is 36.9 Å². The largest absolute Gasteiger partial charge is 0.328 e. The predicted octanol–water partition coefficient (Wildman–Crippen LogP) is 2.07. The Kier molecular flexibility index (Phi) is 3.89. The molecule has 4 aromatic rings. The highest BCUT2D eigenvalue weighted by atomic mass is 16.2. The number of benzene rings is 1. The SMILES string of the molecule is Cc1nnc2n1[C@H](Cc1ccccc1)CN(C(=O)c1cn3cccnc3n1)C2. The van der Waals surface area contributed by atoms with E-state index in [4.69, 9.17) is 0 Å². The summed E-state index contributed by atoms with van der Waals surface area (Å²) in [6, 6.07) is 12.2. The molecule has 1 aromatic carbocycles. The molecule has 1 amide bonds. The fourth-order valence-electron chi connectivity index (χ4n) is 3.86. The molecule has 0 bridgehead atoms. The van der Waals surface area contributed by atoms with Crippen molar-refractivity contribution in [1.82, 2.24) is 34.0 Å². The molecular formula is C20H19N7O. The van der Waals surface area contributed by atoms with Crippen LogP contribution in [0.2, 0.25) is 0 Å². The van der Waals surface area contributed by atoms with Gasteiger partial charge in [-0.25, -0.2) is 9.97 Å². The molecule has 0 radical (unpaired) electrons. The molecule has 0 aliphatic carbocycles. The lowest BCUT2D eigenvalue weighted by Crippen LogP contribution is -2.42. The Hall–Kier alpha value is -3.55. The molecule has 0 N–H and O–H groups in total. The zero-order chi connectivity index (χ0) is 19.1. The molecule has 8 heteroatoms. The van der Waals surface area contributed by atoms with Gasteiger partial charge in [0.05, 0.1) is 12.6 Å². The van der Waals surface area contributed by atoms with E-state index in [9.17, 15) is 4.79 Å². The van der Waals surface area contributed by atoms with E-state index in [1.165, 1.54) is 5.56 Å². The van der Waals surface area contributed by atoms with E-state index in [0.29, 0.717) is 24.6 Å². The minimum atomic E-state index is -0.115. The van der Waals surface area contributed by atoms with Crippen LogP contribution in [0.25, 0.3) is 5.78 Å². The molecule has 0 saturated carbocycles. The molecule has 1 aliphatic rings. The normalized spacial score (nSPS) is 16.3. The summed E-state index contributed by atoms with van der Waals surface area (Å²) in [6.45, 7) is 2.97. The summed E-state index contributed by atoms with van der Waals surface area (Å²) in [5.74, 6) is 2.08. The van der Waals surface area contributed by atoms with Crippen molar-refractivity contribution in [3.63, 3.8) is 0 Å². The second kappa shape index (κ2) is 6.56. The van der Waals surface area contributed by atoms with Crippen LogP contribution in [0.3, 0.4) is 0 Å². The van der Waals surface area contributed by atoms with Crippen molar-refractivity contribution in [3.8, 4) is 0 Å². The highest BCUT2D eigenvalue weighted by Crippen LogP contribution is 2.26. The molecule has 4 heterocycles. The first-order chi connectivity index (χ1) is 13.7. The number of hydrogen-bond donors (Lipinski definition) is 0. The molecule has 1 aliphatic heterocycles. The summed E-state index contributed by atoms with van der Waals surface area (Å²) < 4.78 is 3.91. The second-order valence-electron chi connectivity index (χ2n) is 7.02. The Morgan fingerprint density at radius 3 is 2.86 bits per heavy atom. The van der Waals surface area contributed by atoms with E-state index in [0.717, 1.165) is 18.1 Å². The topological polar surface area (TPSA) is 81.2 Å². The minimum absolute atomic E-state index is 0.0836. The predicted molar refractivity (Wildman–Crippen MR) is 102 cm³/mol. The van der Waals surface area contributed by atoms with Crippen LogP contribution < -0.4 is 0 Å². The molecule has 0 saturated heterocycles. The Morgan fingerprint density at radius 2 is 2.04 bits per heavy atom. The third-order valence-corrected chi connectivity index (χ3v) is 5.12. The number of rotatable bonds is 3. The second-order valence-corrected chi connectivity index (χ2v) is 7.02. The van der Waals surface area contributed by atoms with E-state index < -0.39 is 0 Å². The smallest absolute Gasteiger partial charge is 0.274 e. The third kappa shape index (κ3) is 2.83. The molecule has 0 unspecified atom stereocenters. The van der Waals surface area contributed by atoms with Crippen LogP contribution in [-0.4, -0.2) is 46.5 Å². The van der Waals surface area contributed by atoms with Gasteiger partial charge in [-0.05, 0) is 25.0 Å². The molecule has 140 valence electrons. The third-order valence-electron chi connectivity index (χ3n) is 5.12. The Balaban J connectivity index is 1.46. The van der Waals surface area contributed by atoms with Gasteiger partial charge in [0.2, 0.25) is 5.78 Å². The lowest BCUT2D eigenvalue weighted by atomic mass is 10.0. The van der Waals surface area contributed by atoms with Gasteiger partial charge in [0.25, 0.3) is 5.91 Å². The average Bonchev–Trinajstić information content (AvgIpc) is 3.32. The van der Waals surface area contributed by atoms with Gasteiger partial charge in [-0.3, -0.25) is 9.20 Å². The first-order valence-corrected chi connectivity index (χ1v) is 9.22. The van der Waals surface area contributed by atoms with Crippen LogP contribution >= 0.6 is 0 Å². The van der Waals surface area contributed by atoms with Crippen LogP contribution in [0.15, 0.2) is 55.0 Å². The van der Waals surface area contributed by atoms with Gasteiger partial charge in [0.15, 0.2) is 5.82 Å². The number of nitrogens with zero attached hydrogens (tertiary/aromatic N) is 7. The van der Waals surface area contributed by atoms with Crippen molar-refractivity contribution < 1.29 is 4.79 Å². The maximum absolute atomic E-state index is 13.1. The van der Waals surface area contributed by atoms with Crippen molar-refractivity contribution in [2.75, 3.05) is 6.54 Å². The molecule has 28 heavy (non-hydrogen) atoms. The van der Waals surface area contributed by atoms with Gasteiger partial charge >= 0.3 is 0 Å². The fourth-order valence-corrected chi connectivity index (χ4v) is 3.86. The van der Waals surface area contributed by atoms with Gasteiger partial charge in [-0.1, -0.05) is 30.3 Å². The summed E-state index contributed by atoms with van der Waals surface area (Å²) in [5, 5.41) is 8.53. The number of carbonyl (C=O) groups excluding carboxylic acids is 1. The number of amides is 1. The summed E-state index contributed by atoms with van der Waals surface area (Å²) in [6.07, 6.45) is 6.03. The standard InChI is InChI=1S/C20H19N7O/c1-14-23-24-18-13-26(11-16(27(14)18)10-15-6-3-2-4-7-15)19(28)17-12-25-9-5-8-21-20(25)22-17/h2-9,12,16H,10-11,13H2,1H3/t16-/m1/s1. The van der Waals surface area contributed by atoms with Crippen LogP contribution in [-0.2, 0) is 13.0 Å². The van der Waals surface area contributed by atoms with Gasteiger partial charge in [0.1, 0.15) is 11.5 Å². The lowest BCUT2D eigenvalue weighted by Gasteiger charge is -2.34. The fraction of sp³-hybridized carbons (Fsp3) is 0.250. The van der Waals surface area contributed by atoms with Gasteiger partial charge in [-0.2, -0.15) is 0 Å². The summed E-state index contributed by atoms with van der Waals surface area (Å²) in [4.78, 5) is 23.5. The quantitative estimate of drug-likeness (QED) is 0.549. The number of imidazole rings is 1. The summed E-state index contributed by atoms with van der Waals surface area (Å²) in [5.41, 5.74) is 1.61. The van der Waals surface area contributed by atoms with E-state index in [-0.39, 0.29) is 11.9 Å². The first-order valence-electron chi connectivity index (χ1n) is 9.22. The molecular weight excluding hydrogens is 354 g/mol. The van der Waals surface area contributed by atoms with Gasteiger partial charge in [0, 0.05) is 25.1 Å². The maximum Gasteiger partial charge on any atom is 0.274 e. The molecule has 5 rings (SSSR count). The maximum atomic E-state index is 13.1.